The fraction of sp³-hybridized carbons (Fsp3) is 0.263. The number of hydrogen-bond acceptors (Lipinski definition) is 4. The van der Waals surface area contributed by atoms with Gasteiger partial charge in [-0.3, -0.25) is 9.59 Å². The van der Waals surface area contributed by atoms with Crippen molar-refractivity contribution in [2.75, 3.05) is 30.4 Å². The molecule has 25 heavy (non-hydrogen) atoms. The number of amides is 2. The van der Waals surface area contributed by atoms with Crippen LogP contribution in [0.2, 0.25) is 0 Å². The van der Waals surface area contributed by atoms with Gasteiger partial charge < -0.3 is 20.3 Å². The van der Waals surface area contributed by atoms with Crippen LogP contribution >= 0.6 is 0 Å². The molecule has 2 aromatic rings. The molecule has 0 unspecified atom stereocenters. The molecule has 2 aromatic carbocycles. The van der Waals surface area contributed by atoms with Gasteiger partial charge in [-0.15, -0.1) is 0 Å². The Balaban J connectivity index is 1.75. The van der Waals surface area contributed by atoms with Crippen LogP contribution in [0.15, 0.2) is 48.5 Å². The Bertz CT molecular complexity index is 791. The third-order valence-corrected chi connectivity index (χ3v) is 4.04. The molecule has 1 aliphatic rings. The van der Waals surface area contributed by atoms with Crippen LogP contribution in [0.1, 0.15) is 5.56 Å². The van der Waals surface area contributed by atoms with E-state index in [1.54, 1.807) is 13.1 Å². The number of hydrogen-bond donors (Lipinski definition) is 2. The lowest BCUT2D eigenvalue weighted by Crippen LogP contribution is -2.50. The van der Waals surface area contributed by atoms with Gasteiger partial charge in [-0.05, 0) is 36.8 Å². The maximum atomic E-state index is 12.5. The molecule has 1 atom stereocenters. The standard InChI is InChI=1S/C19H21N3O3/c1-13-6-5-7-14(10-13)21-18(23)12-22-11-17(19(24)20-2)25-16-9-4-3-8-15(16)22/h3-10,17H,11-12H2,1-2H3,(H,20,24)(H,21,23)/t17-/m1/s1. The number of likely N-dealkylation sites (N-methyl/N-ethyl adjacent to an activating group) is 1. The quantitative estimate of drug-likeness (QED) is 0.893. The van der Waals surface area contributed by atoms with Crippen LogP contribution in [-0.2, 0) is 9.59 Å². The molecule has 1 heterocycles. The van der Waals surface area contributed by atoms with Crippen LogP contribution in [0.3, 0.4) is 0 Å². The number of fused-ring (bicyclic) bond motifs is 1. The zero-order valence-corrected chi connectivity index (χ0v) is 14.3. The molecular formula is C19H21N3O3. The molecule has 3 rings (SSSR count). The van der Waals surface area contributed by atoms with Crippen molar-refractivity contribution in [3.63, 3.8) is 0 Å². The van der Waals surface area contributed by atoms with Gasteiger partial charge >= 0.3 is 0 Å². The number of ether oxygens (including phenoxy) is 1. The Labute approximate surface area is 146 Å². The van der Waals surface area contributed by atoms with Crippen LogP contribution < -0.4 is 20.3 Å². The minimum atomic E-state index is -0.647. The number of aryl methyl sites for hydroxylation is 1. The molecule has 130 valence electrons. The second-order valence-corrected chi connectivity index (χ2v) is 5.99. The Morgan fingerprint density at radius 1 is 1.20 bits per heavy atom. The number of carbonyl (C=O) groups excluding carboxylic acids is 2. The Morgan fingerprint density at radius 3 is 2.76 bits per heavy atom. The van der Waals surface area contributed by atoms with Gasteiger partial charge in [0.2, 0.25) is 5.91 Å². The van der Waals surface area contributed by atoms with Gasteiger partial charge in [0.25, 0.3) is 5.91 Å². The van der Waals surface area contributed by atoms with E-state index in [1.165, 1.54) is 0 Å². The van der Waals surface area contributed by atoms with Crippen molar-refractivity contribution in [3.8, 4) is 5.75 Å². The molecule has 0 aromatic heterocycles. The molecule has 0 radical (unpaired) electrons. The zero-order chi connectivity index (χ0) is 17.8. The largest absolute Gasteiger partial charge is 0.477 e. The Morgan fingerprint density at radius 2 is 2.00 bits per heavy atom. The van der Waals surface area contributed by atoms with Crippen molar-refractivity contribution >= 4 is 23.2 Å². The maximum absolute atomic E-state index is 12.5. The number of rotatable bonds is 4. The third-order valence-electron chi connectivity index (χ3n) is 4.04. The van der Waals surface area contributed by atoms with Gasteiger partial charge in [-0.2, -0.15) is 0 Å². The summed E-state index contributed by atoms with van der Waals surface area (Å²) in [7, 11) is 1.57. The lowest BCUT2D eigenvalue weighted by atomic mass is 10.1. The summed E-state index contributed by atoms with van der Waals surface area (Å²) in [5.41, 5.74) is 2.64. The predicted octanol–water partition coefficient (Wildman–Crippen LogP) is 1.95. The van der Waals surface area contributed by atoms with E-state index in [0.717, 1.165) is 16.9 Å². The van der Waals surface area contributed by atoms with Crippen molar-refractivity contribution in [2.45, 2.75) is 13.0 Å². The second kappa shape index (κ2) is 7.25. The molecule has 6 nitrogen and oxygen atoms in total. The molecule has 1 aliphatic heterocycles. The van der Waals surface area contributed by atoms with Crippen molar-refractivity contribution in [2.24, 2.45) is 0 Å². The number of anilines is 2. The lowest BCUT2D eigenvalue weighted by molar-refractivity contribution is -0.127. The van der Waals surface area contributed by atoms with E-state index in [2.05, 4.69) is 10.6 Å². The average molecular weight is 339 g/mol. The minimum Gasteiger partial charge on any atom is -0.477 e. The summed E-state index contributed by atoms with van der Waals surface area (Å²) in [6, 6.07) is 15.1. The summed E-state index contributed by atoms with van der Waals surface area (Å²) in [6.07, 6.45) is -0.647. The van der Waals surface area contributed by atoms with E-state index in [0.29, 0.717) is 12.3 Å². The van der Waals surface area contributed by atoms with Gasteiger partial charge in [0, 0.05) is 12.7 Å². The number of nitrogens with one attached hydrogen (secondary N) is 2. The normalized spacial score (nSPS) is 15.8. The Hall–Kier alpha value is -3.02. The summed E-state index contributed by atoms with van der Waals surface area (Å²) in [5.74, 6) is 0.252. The van der Waals surface area contributed by atoms with Crippen LogP contribution in [0.25, 0.3) is 0 Å². The van der Waals surface area contributed by atoms with Crippen molar-refractivity contribution < 1.29 is 14.3 Å². The van der Waals surface area contributed by atoms with Crippen LogP contribution in [0.5, 0.6) is 5.75 Å². The van der Waals surface area contributed by atoms with Crippen LogP contribution in [0.4, 0.5) is 11.4 Å². The smallest absolute Gasteiger partial charge is 0.262 e. The topological polar surface area (TPSA) is 70.7 Å². The molecule has 6 heteroatoms. The van der Waals surface area contributed by atoms with Crippen molar-refractivity contribution in [1.82, 2.24) is 5.32 Å². The van der Waals surface area contributed by atoms with E-state index in [-0.39, 0.29) is 18.4 Å². The van der Waals surface area contributed by atoms with Crippen molar-refractivity contribution in [1.29, 1.82) is 0 Å². The highest BCUT2D eigenvalue weighted by Crippen LogP contribution is 2.32. The van der Waals surface area contributed by atoms with E-state index >= 15 is 0 Å². The highest BCUT2D eigenvalue weighted by molar-refractivity contribution is 5.95. The maximum Gasteiger partial charge on any atom is 0.262 e. The Kier molecular flexibility index (Phi) is 4.88. The van der Waals surface area contributed by atoms with E-state index in [4.69, 9.17) is 4.74 Å². The molecule has 0 spiro atoms. The molecule has 0 aliphatic carbocycles. The first-order valence-electron chi connectivity index (χ1n) is 8.15. The zero-order valence-electron chi connectivity index (χ0n) is 14.3. The molecule has 2 N–H and O–H groups in total. The molecule has 0 fully saturated rings. The summed E-state index contributed by atoms with van der Waals surface area (Å²) in [6.45, 7) is 2.43. The minimum absolute atomic E-state index is 0.141. The number of benzene rings is 2. The molecule has 0 bridgehead atoms. The van der Waals surface area contributed by atoms with Crippen LogP contribution in [0, 0.1) is 6.92 Å². The first kappa shape index (κ1) is 16.8. The fourth-order valence-corrected chi connectivity index (χ4v) is 2.85. The number of carbonyl (C=O) groups is 2. The third kappa shape index (κ3) is 3.91. The SMILES string of the molecule is CNC(=O)[C@H]1CN(CC(=O)Nc2cccc(C)c2)c2ccccc2O1. The van der Waals surface area contributed by atoms with Crippen LogP contribution in [-0.4, -0.2) is 38.1 Å². The highest BCUT2D eigenvalue weighted by atomic mass is 16.5. The second-order valence-electron chi connectivity index (χ2n) is 5.99. The highest BCUT2D eigenvalue weighted by Gasteiger charge is 2.30. The fourth-order valence-electron chi connectivity index (χ4n) is 2.85. The van der Waals surface area contributed by atoms with E-state index in [9.17, 15) is 9.59 Å². The molecular weight excluding hydrogens is 318 g/mol. The average Bonchev–Trinajstić information content (AvgIpc) is 2.60. The summed E-state index contributed by atoms with van der Waals surface area (Å²) in [5, 5.41) is 5.49. The van der Waals surface area contributed by atoms with Gasteiger partial charge in [0.05, 0.1) is 18.8 Å². The first-order valence-corrected chi connectivity index (χ1v) is 8.15. The van der Waals surface area contributed by atoms with Gasteiger partial charge in [-0.1, -0.05) is 24.3 Å². The van der Waals surface area contributed by atoms with Gasteiger partial charge in [-0.25, -0.2) is 0 Å². The lowest BCUT2D eigenvalue weighted by Gasteiger charge is -2.35. The van der Waals surface area contributed by atoms with Gasteiger partial charge in [0.15, 0.2) is 6.10 Å². The molecule has 0 saturated heterocycles. The molecule has 0 saturated carbocycles. The first-order chi connectivity index (χ1) is 12.1. The van der Waals surface area contributed by atoms with E-state index in [1.807, 2.05) is 54.3 Å². The van der Waals surface area contributed by atoms with Gasteiger partial charge in [0.1, 0.15) is 5.75 Å². The summed E-state index contributed by atoms with van der Waals surface area (Å²) in [4.78, 5) is 26.3. The molecule has 2 amide bonds. The van der Waals surface area contributed by atoms with Crippen molar-refractivity contribution in [3.05, 3.63) is 54.1 Å². The summed E-state index contributed by atoms with van der Waals surface area (Å²) >= 11 is 0. The monoisotopic (exact) mass is 339 g/mol. The number of para-hydroxylation sites is 2. The number of nitrogens with zero attached hydrogens (tertiary/aromatic N) is 1. The predicted molar refractivity (Wildman–Crippen MR) is 96.9 cm³/mol. The van der Waals surface area contributed by atoms with E-state index < -0.39 is 6.10 Å². The summed E-state index contributed by atoms with van der Waals surface area (Å²) < 4.78 is 5.75.